The number of carbonyl (C=O) groups is 1. The Labute approximate surface area is 117 Å². The van der Waals surface area contributed by atoms with Gasteiger partial charge in [0.2, 0.25) is 0 Å². The first-order chi connectivity index (χ1) is 9.72. The Balaban J connectivity index is 2.15. The number of pyridine rings is 1. The van der Waals surface area contributed by atoms with Gasteiger partial charge >= 0.3 is 0 Å². The molecular formula is C15H17N3O2. The highest BCUT2D eigenvalue weighted by molar-refractivity contribution is 5.95. The van der Waals surface area contributed by atoms with E-state index in [2.05, 4.69) is 10.3 Å². The van der Waals surface area contributed by atoms with Crippen molar-refractivity contribution in [3.8, 4) is 5.75 Å². The minimum Gasteiger partial charge on any atom is -0.488 e. The molecule has 0 radical (unpaired) electrons. The summed E-state index contributed by atoms with van der Waals surface area (Å²) in [4.78, 5) is 15.6. The van der Waals surface area contributed by atoms with Gasteiger partial charge in [0, 0.05) is 18.3 Å². The van der Waals surface area contributed by atoms with Crippen LogP contribution < -0.4 is 15.8 Å². The molecule has 0 unspecified atom stereocenters. The molecule has 104 valence electrons. The number of primary amides is 1. The predicted octanol–water partition coefficient (Wildman–Crippen LogP) is 2.19. The van der Waals surface area contributed by atoms with E-state index < -0.39 is 5.91 Å². The monoisotopic (exact) mass is 271 g/mol. The molecule has 0 bridgehead atoms. The maximum absolute atomic E-state index is 11.3. The Kier molecular flexibility index (Phi) is 4.55. The smallest absolute Gasteiger partial charge is 0.252 e. The molecule has 5 nitrogen and oxygen atoms in total. The number of hydrogen-bond donors (Lipinski definition) is 2. The molecule has 1 aromatic carbocycles. The van der Waals surface area contributed by atoms with Gasteiger partial charge in [0.25, 0.3) is 5.91 Å². The average molecular weight is 271 g/mol. The fraction of sp³-hybridized carbons (Fsp3) is 0.200. The van der Waals surface area contributed by atoms with Crippen LogP contribution in [0.15, 0.2) is 42.6 Å². The Morgan fingerprint density at radius 3 is 2.85 bits per heavy atom. The summed E-state index contributed by atoms with van der Waals surface area (Å²) in [6.07, 6.45) is 1.72. The van der Waals surface area contributed by atoms with E-state index in [4.69, 9.17) is 10.5 Å². The zero-order valence-corrected chi connectivity index (χ0v) is 11.3. The number of rotatable bonds is 6. The number of hydrogen-bond acceptors (Lipinski definition) is 4. The third-order valence-corrected chi connectivity index (χ3v) is 2.77. The summed E-state index contributed by atoms with van der Waals surface area (Å²) in [5.74, 6) is 0.761. The molecule has 3 N–H and O–H groups in total. The van der Waals surface area contributed by atoms with Crippen LogP contribution in [0.2, 0.25) is 0 Å². The maximum Gasteiger partial charge on any atom is 0.252 e. The van der Waals surface area contributed by atoms with Crippen molar-refractivity contribution in [1.82, 2.24) is 4.98 Å². The quantitative estimate of drug-likeness (QED) is 0.844. The van der Waals surface area contributed by atoms with Crippen LogP contribution in [0.5, 0.6) is 5.75 Å². The summed E-state index contributed by atoms with van der Waals surface area (Å²) in [6.45, 7) is 3.10. The highest BCUT2D eigenvalue weighted by Crippen LogP contribution is 2.20. The van der Waals surface area contributed by atoms with Crippen molar-refractivity contribution in [3.63, 3.8) is 0 Å². The van der Waals surface area contributed by atoms with Crippen LogP contribution in [0.25, 0.3) is 0 Å². The number of nitrogens with zero attached hydrogens (tertiary/aromatic N) is 1. The Morgan fingerprint density at radius 1 is 1.30 bits per heavy atom. The molecule has 1 heterocycles. The molecule has 1 amide bonds. The lowest BCUT2D eigenvalue weighted by atomic mass is 10.2. The first-order valence-electron chi connectivity index (χ1n) is 6.41. The summed E-state index contributed by atoms with van der Waals surface area (Å²) in [6, 6.07) is 10.7. The van der Waals surface area contributed by atoms with Gasteiger partial charge in [0.05, 0.1) is 5.56 Å². The predicted molar refractivity (Wildman–Crippen MR) is 77.7 cm³/mol. The van der Waals surface area contributed by atoms with E-state index in [1.165, 1.54) is 0 Å². The second kappa shape index (κ2) is 6.56. The third kappa shape index (κ3) is 3.26. The highest BCUT2D eigenvalue weighted by Gasteiger charge is 2.09. The molecule has 0 aliphatic heterocycles. The summed E-state index contributed by atoms with van der Waals surface area (Å²) in [7, 11) is 0. The first-order valence-corrected chi connectivity index (χ1v) is 6.41. The molecule has 0 atom stereocenters. The van der Waals surface area contributed by atoms with Crippen molar-refractivity contribution in [2.75, 3.05) is 11.9 Å². The molecule has 0 aliphatic rings. The normalized spacial score (nSPS) is 10.1. The molecule has 0 spiro atoms. The topological polar surface area (TPSA) is 77.2 Å². The van der Waals surface area contributed by atoms with E-state index >= 15 is 0 Å². The highest BCUT2D eigenvalue weighted by atomic mass is 16.5. The zero-order valence-electron chi connectivity index (χ0n) is 11.3. The number of benzene rings is 1. The van der Waals surface area contributed by atoms with Gasteiger partial charge < -0.3 is 15.8 Å². The van der Waals surface area contributed by atoms with Crippen molar-refractivity contribution < 1.29 is 9.53 Å². The Hall–Kier alpha value is -2.56. The average Bonchev–Trinajstić information content (AvgIpc) is 2.47. The van der Waals surface area contributed by atoms with Gasteiger partial charge in [0.1, 0.15) is 18.2 Å². The van der Waals surface area contributed by atoms with E-state index in [-0.39, 0.29) is 0 Å². The van der Waals surface area contributed by atoms with Crippen LogP contribution in [0, 0.1) is 0 Å². The lowest BCUT2D eigenvalue weighted by Gasteiger charge is -2.12. The number of aromatic nitrogens is 1. The number of carbonyl (C=O) groups excluding carboxylic acids is 1. The summed E-state index contributed by atoms with van der Waals surface area (Å²) in [5, 5.41) is 3.17. The second-order valence-electron chi connectivity index (χ2n) is 4.19. The fourth-order valence-electron chi connectivity index (χ4n) is 1.83. The molecule has 20 heavy (non-hydrogen) atoms. The van der Waals surface area contributed by atoms with Crippen LogP contribution in [-0.4, -0.2) is 17.4 Å². The summed E-state index contributed by atoms with van der Waals surface area (Å²) >= 11 is 0. The lowest BCUT2D eigenvalue weighted by molar-refractivity contribution is 0.0996. The molecule has 2 aromatic rings. The lowest BCUT2D eigenvalue weighted by Crippen LogP contribution is -2.13. The minimum absolute atomic E-state index is 0.320. The van der Waals surface area contributed by atoms with E-state index in [9.17, 15) is 4.79 Å². The van der Waals surface area contributed by atoms with Gasteiger partial charge in [0.15, 0.2) is 0 Å². The van der Waals surface area contributed by atoms with Crippen LogP contribution in [0.1, 0.15) is 22.8 Å². The SMILES string of the molecule is CCNc1ncccc1COc1ccccc1C(N)=O. The first kappa shape index (κ1) is 13.9. The van der Waals surface area contributed by atoms with E-state index in [1.54, 1.807) is 30.5 Å². The van der Waals surface area contributed by atoms with Crippen molar-refractivity contribution in [1.29, 1.82) is 0 Å². The van der Waals surface area contributed by atoms with E-state index in [1.807, 2.05) is 19.1 Å². The maximum atomic E-state index is 11.3. The molecule has 2 rings (SSSR count). The second-order valence-corrected chi connectivity index (χ2v) is 4.19. The molecule has 1 aromatic heterocycles. The van der Waals surface area contributed by atoms with Gasteiger partial charge in [-0.05, 0) is 25.1 Å². The van der Waals surface area contributed by atoms with Crippen LogP contribution in [-0.2, 0) is 6.61 Å². The largest absolute Gasteiger partial charge is 0.488 e. The van der Waals surface area contributed by atoms with Gasteiger partial charge in [-0.15, -0.1) is 0 Å². The fourth-order valence-corrected chi connectivity index (χ4v) is 1.83. The number of nitrogens with one attached hydrogen (secondary N) is 1. The Bertz CT molecular complexity index is 599. The van der Waals surface area contributed by atoms with E-state index in [0.717, 1.165) is 17.9 Å². The van der Waals surface area contributed by atoms with Crippen molar-refractivity contribution >= 4 is 11.7 Å². The molecule has 5 heteroatoms. The van der Waals surface area contributed by atoms with Crippen molar-refractivity contribution in [2.24, 2.45) is 5.73 Å². The van der Waals surface area contributed by atoms with Crippen LogP contribution in [0.3, 0.4) is 0 Å². The molecule has 0 saturated carbocycles. The van der Waals surface area contributed by atoms with Crippen molar-refractivity contribution in [2.45, 2.75) is 13.5 Å². The zero-order chi connectivity index (χ0) is 14.4. The van der Waals surface area contributed by atoms with Crippen LogP contribution in [0.4, 0.5) is 5.82 Å². The number of ether oxygens (including phenoxy) is 1. The van der Waals surface area contributed by atoms with Crippen LogP contribution >= 0.6 is 0 Å². The van der Waals surface area contributed by atoms with Gasteiger partial charge in [-0.1, -0.05) is 18.2 Å². The molecule has 0 aliphatic carbocycles. The van der Waals surface area contributed by atoms with Gasteiger partial charge in [-0.2, -0.15) is 0 Å². The van der Waals surface area contributed by atoms with Gasteiger partial charge in [-0.3, -0.25) is 4.79 Å². The number of nitrogens with two attached hydrogens (primary N) is 1. The number of anilines is 1. The number of amides is 1. The standard InChI is InChI=1S/C15H17N3O2/c1-2-17-15-11(6-5-9-18-15)10-20-13-8-4-3-7-12(13)14(16)19/h3-9H,2,10H2,1H3,(H2,16,19)(H,17,18). The molecule has 0 fully saturated rings. The van der Waals surface area contributed by atoms with Gasteiger partial charge in [-0.25, -0.2) is 4.98 Å². The van der Waals surface area contributed by atoms with Crippen molar-refractivity contribution in [3.05, 3.63) is 53.7 Å². The minimum atomic E-state index is -0.501. The molecular weight excluding hydrogens is 254 g/mol. The third-order valence-electron chi connectivity index (χ3n) is 2.77. The van der Waals surface area contributed by atoms with E-state index in [0.29, 0.717) is 17.9 Å². The Morgan fingerprint density at radius 2 is 2.10 bits per heavy atom. The number of para-hydroxylation sites is 1. The summed E-state index contributed by atoms with van der Waals surface area (Å²) in [5.41, 5.74) is 6.62. The summed E-state index contributed by atoms with van der Waals surface area (Å²) < 4.78 is 5.69. The molecule has 0 saturated heterocycles.